The molecule has 1 aromatic rings. The first-order chi connectivity index (χ1) is 8.17. The van der Waals surface area contributed by atoms with Gasteiger partial charge in [-0.25, -0.2) is 0 Å². The van der Waals surface area contributed by atoms with E-state index >= 15 is 0 Å². The average Bonchev–Trinajstić information content (AvgIpc) is 2.87. The molecule has 90 valence electrons. The molecule has 0 amide bonds. The molecule has 0 aliphatic carbocycles. The molecular formula is C15H20N2. The molecule has 3 rings (SSSR count). The lowest BCUT2D eigenvalue weighted by atomic mass is 10.0. The lowest BCUT2D eigenvalue weighted by molar-refractivity contribution is 0.723. The van der Waals surface area contributed by atoms with Gasteiger partial charge < -0.3 is 10.6 Å². The third kappa shape index (κ3) is 1.72. The van der Waals surface area contributed by atoms with Crippen LogP contribution in [0.1, 0.15) is 31.4 Å². The van der Waals surface area contributed by atoms with Gasteiger partial charge in [0.05, 0.1) is 6.04 Å². The molecule has 2 heterocycles. The van der Waals surface area contributed by atoms with Crippen molar-refractivity contribution in [2.45, 2.75) is 45.2 Å². The average molecular weight is 228 g/mol. The molecule has 0 spiro atoms. The summed E-state index contributed by atoms with van der Waals surface area (Å²) in [6.45, 7) is 8.39. The molecule has 2 aliphatic rings. The van der Waals surface area contributed by atoms with Crippen LogP contribution >= 0.6 is 0 Å². The summed E-state index contributed by atoms with van der Waals surface area (Å²) in [6.07, 6.45) is 3.47. The van der Waals surface area contributed by atoms with Gasteiger partial charge in [0.15, 0.2) is 0 Å². The van der Waals surface area contributed by atoms with Gasteiger partial charge in [-0.1, -0.05) is 25.1 Å². The Morgan fingerprint density at radius 2 is 1.94 bits per heavy atom. The first-order valence-corrected chi connectivity index (χ1v) is 6.51. The predicted octanol–water partition coefficient (Wildman–Crippen LogP) is 3.35. The molecule has 17 heavy (non-hydrogen) atoms. The summed E-state index contributed by atoms with van der Waals surface area (Å²) in [7, 11) is 0. The Kier molecular flexibility index (Phi) is 2.39. The lowest BCUT2D eigenvalue weighted by Gasteiger charge is -2.10. The summed E-state index contributed by atoms with van der Waals surface area (Å²) < 4.78 is 0. The number of fused-ring (bicyclic) bond motifs is 2. The molecular weight excluding hydrogens is 208 g/mol. The maximum Gasteiger partial charge on any atom is 0.0509 e. The summed E-state index contributed by atoms with van der Waals surface area (Å²) >= 11 is 0. The molecule has 2 heteroatoms. The highest BCUT2D eigenvalue weighted by atomic mass is 15.0. The predicted molar refractivity (Wildman–Crippen MR) is 73.8 cm³/mol. The highest BCUT2D eigenvalue weighted by Crippen LogP contribution is 2.37. The van der Waals surface area contributed by atoms with E-state index < -0.39 is 0 Å². The summed E-state index contributed by atoms with van der Waals surface area (Å²) in [5, 5.41) is 7.15. The van der Waals surface area contributed by atoms with Gasteiger partial charge >= 0.3 is 0 Å². The fourth-order valence-corrected chi connectivity index (χ4v) is 2.84. The Labute approximate surface area is 103 Å². The Hall–Kier alpha value is -1.44. The quantitative estimate of drug-likeness (QED) is 0.759. The van der Waals surface area contributed by atoms with Crippen LogP contribution in [0.15, 0.2) is 24.3 Å². The van der Waals surface area contributed by atoms with E-state index in [1.807, 2.05) is 0 Å². The molecule has 2 N–H and O–H groups in total. The van der Waals surface area contributed by atoms with E-state index in [9.17, 15) is 0 Å². The third-order valence-corrected chi connectivity index (χ3v) is 4.00. The summed E-state index contributed by atoms with van der Waals surface area (Å²) in [5.41, 5.74) is 6.78. The number of benzene rings is 1. The van der Waals surface area contributed by atoms with E-state index in [1.165, 1.54) is 40.9 Å². The minimum absolute atomic E-state index is 0.425. The highest BCUT2D eigenvalue weighted by Gasteiger charge is 2.26. The second-order valence-electron chi connectivity index (χ2n) is 5.37. The number of nitrogens with one attached hydrogen (secondary N) is 2. The molecule has 2 atom stereocenters. The lowest BCUT2D eigenvalue weighted by Crippen LogP contribution is -2.16. The van der Waals surface area contributed by atoms with Gasteiger partial charge in [-0.15, -0.1) is 0 Å². The first-order valence-electron chi connectivity index (χ1n) is 6.51. The monoisotopic (exact) mass is 228 g/mol. The summed E-state index contributed by atoms with van der Waals surface area (Å²) in [4.78, 5) is 0. The van der Waals surface area contributed by atoms with Crippen molar-refractivity contribution in [3.8, 4) is 0 Å². The van der Waals surface area contributed by atoms with Crippen molar-refractivity contribution in [1.82, 2.24) is 0 Å². The van der Waals surface area contributed by atoms with E-state index in [4.69, 9.17) is 0 Å². The third-order valence-electron chi connectivity index (χ3n) is 4.00. The fourth-order valence-electron chi connectivity index (χ4n) is 2.84. The maximum absolute atomic E-state index is 4.05. The number of rotatable bonds is 2. The van der Waals surface area contributed by atoms with Crippen LogP contribution < -0.4 is 10.6 Å². The van der Waals surface area contributed by atoms with Gasteiger partial charge in [0, 0.05) is 17.4 Å². The van der Waals surface area contributed by atoms with Gasteiger partial charge in [-0.2, -0.15) is 0 Å². The molecule has 0 aromatic heterocycles. The van der Waals surface area contributed by atoms with Crippen LogP contribution in [0.5, 0.6) is 0 Å². The minimum atomic E-state index is 0.425. The number of anilines is 2. The summed E-state index contributed by atoms with van der Waals surface area (Å²) in [6, 6.07) is 5.71. The zero-order chi connectivity index (χ0) is 12.0. The molecule has 0 radical (unpaired) electrons. The standard InChI is InChI=1S/C15H20N2/c1-4-12-6-10-5-11-7-13(9(2)3)17-15(11)8-14(10)16-12/h5,8,12-13,16-17H,2,4,6-7H2,1,3H3. The van der Waals surface area contributed by atoms with Gasteiger partial charge in [0.25, 0.3) is 0 Å². The first kappa shape index (κ1) is 10.7. The van der Waals surface area contributed by atoms with Crippen molar-refractivity contribution in [1.29, 1.82) is 0 Å². The molecule has 1 aromatic carbocycles. The van der Waals surface area contributed by atoms with Crippen LogP contribution in [-0.2, 0) is 12.8 Å². The van der Waals surface area contributed by atoms with E-state index in [1.54, 1.807) is 0 Å². The topological polar surface area (TPSA) is 24.1 Å². The van der Waals surface area contributed by atoms with Crippen LogP contribution in [0.4, 0.5) is 11.4 Å². The highest BCUT2D eigenvalue weighted by molar-refractivity contribution is 5.71. The Morgan fingerprint density at radius 1 is 1.24 bits per heavy atom. The van der Waals surface area contributed by atoms with E-state index in [0.717, 1.165) is 6.42 Å². The molecule has 0 saturated carbocycles. The zero-order valence-corrected chi connectivity index (χ0v) is 10.6. The van der Waals surface area contributed by atoms with Crippen molar-refractivity contribution in [3.63, 3.8) is 0 Å². The second kappa shape index (κ2) is 3.80. The number of hydrogen-bond donors (Lipinski definition) is 2. The second-order valence-corrected chi connectivity index (χ2v) is 5.37. The Morgan fingerprint density at radius 3 is 2.65 bits per heavy atom. The van der Waals surface area contributed by atoms with Crippen molar-refractivity contribution >= 4 is 11.4 Å². The van der Waals surface area contributed by atoms with Crippen LogP contribution in [0.2, 0.25) is 0 Å². The van der Waals surface area contributed by atoms with Crippen molar-refractivity contribution < 1.29 is 0 Å². The normalized spacial score (nSPS) is 24.8. The molecule has 0 fully saturated rings. The molecule has 2 unspecified atom stereocenters. The molecule has 0 bridgehead atoms. The Bertz CT molecular complexity index is 441. The van der Waals surface area contributed by atoms with Crippen LogP contribution in [0, 0.1) is 0 Å². The largest absolute Gasteiger partial charge is 0.382 e. The molecule has 2 nitrogen and oxygen atoms in total. The van der Waals surface area contributed by atoms with Gasteiger partial charge in [0.2, 0.25) is 0 Å². The van der Waals surface area contributed by atoms with Gasteiger partial charge in [-0.3, -0.25) is 0 Å². The maximum atomic E-state index is 4.05. The molecule has 2 aliphatic heterocycles. The van der Waals surface area contributed by atoms with Gasteiger partial charge in [-0.05, 0) is 43.4 Å². The van der Waals surface area contributed by atoms with E-state index in [2.05, 4.69) is 43.2 Å². The van der Waals surface area contributed by atoms with E-state index in [-0.39, 0.29) is 0 Å². The minimum Gasteiger partial charge on any atom is -0.382 e. The SMILES string of the molecule is C=C(C)C1Cc2cc3c(cc2N1)NC(CC)C3. The van der Waals surface area contributed by atoms with E-state index in [0.29, 0.717) is 12.1 Å². The zero-order valence-electron chi connectivity index (χ0n) is 10.6. The number of hydrogen-bond acceptors (Lipinski definition) is 2. The van der Waals surface area contributed by atoms with Crippen molar-refractivity contribution in [2.75, 3.05) is 10.6 Å². The Balaban J connectivity index is 1.89. The summed E-state index contributed by atoms with van der Waals surface area (Å²) in [5.74, 6) is 0. The fraction of sp³-hybridized carbons (Fsp3) is 0.467. The van der Waals surface area contributed by atoms with Crippen molar-refractivity contribution in [3.05, 3.63) is 35.4 Å². The van der Waals surface area contributed by atoms with Crippen LogP contribution in [0.3, 0.4) is 0 Å². The smallest absolute Gasteiger partial charge is 0.0509 e. The van der Waals surface area contributed by atoms with Crippen LogP contribution in [0.25, 0.3) is 0 Å². The van der Waals surface area contributed by atoms with Crippen LogP contribution in [-0.4, -0.2) is 12.1 Å². The van der Waals surface area contributed by atoms with Gasteiger partial charge in [0.1, 0.15) is 0 Å². The molecule has 0 saturated heterocycles. The van der Waals surface area contributed by atoms with Crippen molar-refractivity contribution in [2.24, 2.45) is 0 Å².